The Morgan fingerprint density at radius 1 is 1.50 bits per heavy atom. The molecule has 1 aromatic heterocycles. The first-order valence-electron chi connectivity index (χ1n) is 7.80. The third-order valence-electron chi connectivity index (χ3n) is 4.33. The Hall–Kier alpha value is -0.870. The van der Waals surface area contributed by atoms with Gasteiger partial charge in [0.05, 0.1) is 6.04 Å². The van der Waals surface area contributed by atoms with Crippen LogP contribution in [-0.2, 0) is 4.79 Å². The van der Waals surface area contributed by atoms with Gasteiger partial charge in [-0.05, 0) is 43.2 Å². The van der Waals surface area contributed by atoms with Crippen molar-refractivity contribution < 1.29 is 4.79 Å². The van der Waals surface area contributed by atoms with Crippen molar-refractivity contribution in [2.24, 2.45) is 17.6 Å². The van der Waals surface area contributed by atoms with E-state index in [-0.39, 0.29) is 17.9 Å². The Morgan fingerprint density at radius 2 is 2.30 bits per heavy atom. The van der Waals surface area contributed by atoms with Gasteiger partial charge in [-0.25, -0.2) is 0 Å². The Labute approximate surface area is 125 Å². The quantitative estimate of drug-likeness (QED) is 0.844. The molecule has 0 aromatic carbocycles. The molecule has 0 aliphatic heterocycles. The predicted molar refractivity (Wildman–Crippen MR) is 84.6 cm³/mol. The lowest BCUT2D eigenvalue weighted by atomic mass is 9.78. The molecule has 1 fully saturated rings. The smallest absolute Gasteiger partial charge is 0.223 e. The van der Waals surface area contributed by atoms with Gasteiger partial charge in [0, 0.05) is 10.8 Å². The number of amides is 1. The zero-order valence-corrected chi connectivity index (χ0v) is 13.1. The van der Waals surface area contributed by atoms with E-state index in [9.17, 15) is 4.79 Å². The van der Waals surface area contributed by atoms with Gasteiger partial charge in [-0.1, -0.05) is 32.3 Å². The van der Waals surface area contributed by atoms with Crippen LogP contribution in [0.4, 0.5) is 0 Å². The SMILES string of the molecule is CCCC(NC(=O)C1CCCCC1CN)c1cccs1. The van der Waals surface area contributed by atoms with Gasteiger partial charge in [-0.2, -0.15) is 0 Å². The number of carbonyl (C=O) groups is 1. The summed E-state index contributed by atoms with van der Waals surface area (Å²) in [6.07, 6.45) is 6.56. The Bertz CT molecular complexity index is 405. The molecule has 0 spiro atoms. The number of thiophene rings is 1. The van der Waals surface area contributed by atoms with E-state index in [0.717, 1.165) is 32.1 Å². The summed E-state index contributed by atoms with van der Waals surface area (Å²) >= 11 is 1.73. The number of rotatable bonds is 6. The fourth-order valence-corrected chi connectivity index (χ4v) is 3.99. The number of carbonyl (C=O) groups excluding carboxylic acids is 1. The molecule has 0 saturated heterocycles. The summed E-state index contributed by atoms with van der Waals surface area (Å²) in [6.45, 7) is 2.80. The molecule has 3 N–H and O–H groups in total. The molecule has 1 amide bonds. The van der Waals surface area contributed by atoms with Gasteiger partial charge >= 0.3 is 0 Å². The van der Waals surface area contributed by atoms with Crippen LogP contribution < -0.4 is 11.1 Å². The topological polar surface area (TPSA) is 55.1 Å². The van der Waals surface area contributed by atoms with Gasteiger partial charge in [0.1, 0.15) is 0 Å². The number of hydrogen-bond acceptors (Lipinski definition) is 3. The highest BCUT2D eigenvalue weighted by Gasteiger charge is 2.31. The van der Waals surface area contributed by atoms with Gasteiger partial charge in [0.25, 0.3) is 0 Å². The van der Waals surface area contributed by atoms with E-state index in [1.807, 2.05) is 0 Å². The van der Waals surface area contributed by atoms with Crippen molar-refractivity contribution in [3.8, 4) is 0 Å². The molecule has 3 nitrogen and oxygen atoms in total. The Kier molecular flexibility index (Phi) is 6.05. The van der Waals surface area contributed by atoms with Crippen LogP contribution >= 0.6 is 11.3 Å². The molecule has 1 aliphatic rings. The zero-order valence-electron chi connectivity index (χ0n) is 12.3. The third kappa shape index (κ3) is 3.83. The molecule has 1 saturated carbocycles. The van der Waals surface area contributed by atoms with Crippen LogP contribution in [0.5, 0.6) is 0 Å². The first-order valence-corrected chi connectivity index (χ1v) is 8.68. The van der Waals surface area contributed by atoms with Crippen molar-refractivity contribution in [2.45, 2.75) is 51.5 Å². The van der Waals surface area contributed by atoms with E-state index < -0.39 is 0 Å². The van der Waals surface area contributed by atoms with Crippen LogP contribution in [0.1, 0.15) is 56.4 Å². The molecule has 112 valence electrons. The second-order valence-corrected chi connectivity index (χ2v) is 6.73. The summed E-state index contributed by atoms with van der Waals surface area (Å²) in [5, 5.41) is 5.35. The van der Waals surface area contributed by atoms with Crippen LogP contribution in [0.3, 0.4) is 0 Å². The highest BCUT2D eigenvalue weighted by molar-refractivity contribution is 7.10. The number of nitrogens with two attached hydrogens (primary N) is 1. The highest BCUT2D eigenvalue weighted by Crippen LogP contribution is 2.31. The summed E-state index contributed by atoms with van der Waals surface area (Å²) in [5.74, 6) is 0.703. The molecule has 3 atom stereocenters. The van der Waals surface area contributed by atoms with E-state index in [2.05, 4.69) is 29.8 Å². The summed E-state index contributed by atoms with van der Waals surface area (Å²) < 4.78 is 0. The van der Waals surface area contributed by atoms with Gasteiger partial charge < -0.3 is 11.1 Å². The van der Waals surface area contributed by atoms with Crippen molar-refractivity contribution in [3.05, 3.63) is 22.4 Å². The van der Waals surface area contributed by atoms with Crippen molar-refractivity contribution in [3.63, 3.8) is 0 Å². The maximum Gasteiger partial charge on any atom is 0.223 e. The van der Waals surface area contributed by atoms with Crippen molar-refractivity contribution in [2.75, 3.05) is 6.54 Å². The van der Waals surface area contributed by atoms with Crippen molar-refractivity contribution in [1.82, 2.24) is 5.32 Å². The lowest BCUT2D eigenvalue weighted by Gasteiger charge is -2.31. The zero-order chi connectivity index (χ0) is 14.4. The fraction of sp³-hybridized carbons (Fsp3) is 0.688. The highest BCUT2D eigenvalue weighted by atomic mass is 32.1. The van der Waals surface area contributed by atoms with E-state index in [4.69, 9.17) is 5.73 Å². The molecule has 1 aromatic rings. The first-order chi connectivity index (χ1) is 9.76. The Balaban J connectivity index is 2.00. The van der Waals surface area contributed by atoms with Gasteiger partial charge in [-0.3, -0.25) is 4.79 Å². The standard InChI is InChI=1S/C16H26N2OS/c1-2-6-14(15-9-5-10-20-15)18-16(19)13-8-4-3-7-12(13)11-17/h5,9-10,12-14H,2-4,6-8,11,17H2,1H3,(H,18,19). The van der Waals surface area contributed by atoms with Crippen LogP contribution in [0.2, 0.25) is 0 Å². The van der Waals surface area contributed by atoms with Crippen LogP contribution in [-0.4, -0.2) is 12.5 Å². The number of nitrogens with one attached hydrogen (secondary N) is 1. The molecule has 0 radical (unpaired) electrons. The fourth-order valence-electron chi connectivity index (χ4n) is 3.18. The maximum absolute atomic E-state index is 12.6. The van der Waals surface area contributed by atoms with Crippen molar-refractivity contribution >= 4 is 17.2 Å². The monoisotopic (exact) mass is 294 g/mol. The summed E-state index contributed by atoms with van der Waals surface area (Å²) in [7, 11) is 0. The van der Waals surface area contributed by atoms with Crippen LogP contribution in [0.15, 0.2) is 17.5 Å². The summed E-state index contributed by atoms with van der Waals surface area (Å²) in [4.78, 5) is 13.8. The van der Waals surface area contributed by atoms with E-state index in [0.29, 0.717) is 12.5 Å². The minimum Gasteiger partial charge on any atom is -0.348 e. The first kappa shape index (κ1) is 15.5. The summed E-state index contributed by atoms with van der Waals surface area (Å²) in [5.41, 5.74) is 5.84. The van der Waals surface area contributed by atoms with Gasteiger partial charge in [-0.15, -0.1) is 11.3 Å². The van der Waals surface area contributed by atoms with E-state index in [1.54, 1.807) is 11.3 Å². The van der Waals surface area contributed by atoms with E-state index >= 15 is 0 Å². The molecular formula is C16H26N2OS. The molecule has 0 bridgehead atoms. The van der Waals surface area contributed by atoms with Crippen LogP contribution in [0.25, 0.3) is 0 Å². The van der Waals surface area contributed by atoms with Gasteiger partial charge in [0.2, 0.25) is 5.91 Å². The van der Waals surface area contributed by atoms with Crippen LogP contribution in [0, 0.1) is 11.8 Å². The normalized spacial score (nSPS) is 24.3. The number of hydrogen-bond donors (Lipinski definition) is 2. The van der Waals surface area contributed by atoms with E-state index in [1.165, 1.54) is 11.3 Å². The molecule has 1 aliphatic carbocycles. The molecule has 3 unspecified atom stereocenters. The third-order valence-corrected chi connectivity index (χ3v) is 5.32. The summed E-state index contributed by atoms with van der Waals surface area (Å²) in [6, 6.07) is 4.35. The molecular weight excluding hydrogens is 268 g/mol. The average molecular weight is 294 g/mol. The molecule has 1 heterocycles. The average Bonchev–Trinajstić information content (AvgIpc) is 3.00. The minimum atomic E-state index is 0.119. The Morgan fingerprint density at radius 3 is 2.95 bits per heavy atom. The second kappa shape index (κ2) is 7.79. The predicted octanol–water partition coefficient (Wildman–Crippen LogP) is 3.47. The van der Waals surface area contributed by atoms with Gasteiger partial charge in [0.15, 0.2) is 0 Å². The lowest BCUT2D eigenvalue weighted by Crippen LogP contribution is -2.40. The maximum atomic E-state index is 12.6. The minimum absolute atomic E-state index is 0.119. The lowest BCUT2D eigenvalue weighted by molar-refractivity contribution is -0.128. The second-order valence-electron chi connectivity index (χ2n) is 5.75. The van der Waals surface area contributed by atoms with Crippen molar-refractivity contribution in [1.29, 1.82) is 0 Å². The molecule has 2 rings (SSSR count). The molecule has 20 heavy (non-hydrogen) atoms. The largest absolute Gasteiger partial charge is 0.348 e. The molecule has 4 heteroatoms.